The molecule has 1 heterocycles. The first-order valence-corrected chi connectivity index (χ1v) is 6.94. The number of Topliss-reactive ketones (excluding diaryl/α,β-unsaturated/α-hetero) is 1. The van der Waals surface area contributed by atoms with Crippen LogP contribution in [0.2, 0.25) is 0 Å². The zero-order valence-electron chi connectivity index (χ0n) is 8.84. The van der Waals surface area contributed by atoms with Crippen molar-refractivity contribution in [1.82, 2.24) is 4.98 Å². The second kappa shape index (κ2) is 5.27. The zero-order valence-corrected chi connectivity index (χ0v) is 10.5. The average Bonchev–Trinajstić information content (AvgIpc) is 2.82. The van der Waals surface area contributed by atoms with Crippen LogP contribution >= 0.6 is 23.1 Å². The largest absolute Gasteiger partial charge is 0.294 e. The molecule has 2 nitrogen and oxygen atoms in total. The average molecular weight is 249 g/mol. The topological polar surface area (TPSA) is 30.0 Å². The summed E-state index contributed by atoms with van der Waals surface area (Å²) in [5, 5.41) is 0. The molecule has 0 N–H and O–H groups in total. The monoisotopic (exact) mass is 249 g/mol. The summed E-state index contributed by atoms with van der Waals surface area (Å²) in [4.78, 5) is 18.0. The van der Waals surface area contributed by atoms with Crippen LogP contribution in [0.25, 0.3) is 0 Å². The van der Waals surface area contributed by atoms with E-state index in [-0.39, 0.29) is 5.78 Å². The molecule has 0 saturated carbocycles. The van der Waals surface area contributed by atoms with E-state index in [4.69, 9.17) is 0 Å². The van der Waals surface area contributed by atoms with Gasteiger partial charge in [0.05, 0.1) is 5.51 Å². The third kappa shape index (κ3) is 2.71. The van der Waals surface area contributed by atoms with E-state index >= 15 is 0 Å². The van der Waals surface area contributed by atoms with Crippen molar-refractivity contribution in [1.29, 1.82) is 0 Å². The molecule has 2 aromatic rings. The van der Waals surface area contributed by atoms with Gasteiger partial charge < -0.3 is 0 Å². The Morgan fingerprint density at radius 2 is 2.12 bits per heavy atom. The smallest absolute Gasteiger partial charge is 0.168 e. The number of carbonyl (C=O) groups is 1. The van der Waals surface area contributed by atoms with Crippen LogP contribution in [0.3, 0.4) is 0 Å². The summed E-state index contributed by atoms with van der Waals surface area (Å²) in [6.45, 7) is 0. The van der Waals surface area contributed by atoms with Crippen LogP contribution in [0.15, 0.2) is 40.9 Å². The highest BCUT2D eigenvalue weighted by Crippen LogP contribution is 2.16. The quantitative estimate of drug-likeness (QED) is 0.615. The first-order valence-electron chi connectivity index (χ1n) is 4.84. The molecule has 0 bridgehead atoms. The van der Waals surface area contributed by atoms with Crippen molar-refractivity contribution < 1.29 is 4.79 Å². The van der Waals surface area contributed by atoms with E-state index in [0.717, 1.165) is 10.4 Å². The second-order valence-electron chi connectivity index (χ2n) is 3.30. The number of thioether (sulfide) groups is 1. The second-order valence-corrected chi connectivity index (χ2v) is 5.15. The van der Waals surface area contributed by atoms with Gasteiger partial charge in [0.1, 0.15) is 0 Å². The van der Waals surface area contributed by atoms with E-state index in [0.29, 0.717) is 6.42 Å². The summed E-state index contributed by atoms with van der Waals surface area (Å²) in [6.07, 6.45) is 4.22. The standard InChI is InChI=1S/C12H11NOS2/c1-15-10-4-2-9(3-5-10)12(14)6-11-7-13-8-16-11/h2-5,7-8H,6H2,1H3. The number of rotatable bonds is 4. The minimum atomic E-state index is 0.150. The van der Waals surface area contributed by atoms with Gasteiger partial charge in [0.15, 0.2) is 5.78 Å². The van der Waals surface area contributed by atoms with E-state index in [2.05, 4.69) is 4.98 Å². The molecule has 0 spiro atoms. The molecule has 2 rings (SSSR count). The van der Waals surface area contributed by atoms with Gasteiger partial charge in [-0.25, -0.2) is 0 Å². The number of thiazole rings is 1. The molecule has 1 aromatic carbocycles. The van der Waals surface area contributed by atoms with Crippen molar-refractivity contribution >= 4 is 28.9 Å². The number of hydrogen-bond donors (Lipinski definition) is 0. The van der Waals surface area contributed by atoms with Crippen molar-refractivity contribution in [2.24, 2.45) is 0 Å². The Labute approximate surface area is 103 Å². The summed E-state index contributed by atoms with van der Waals surface area (Å²) < 4.78 is 0. The first kappa shape index (κ1) is 11.4. The van der Waals surface area contributed by atoms with E-state index < -0.39 is 0 Å². The molecule has 0 atom stereocenters. The molecule has 0 aliphatic carbocycles. The van der Waals surface area contributed by atoms with Gasteiger partial charge in [-0.05, 0) is 18.4 Å². The first-order chi connectivity index (χ1) is 7.79. The van der Waals surface area contributed by atoms with Crippen molar-refractivity contribution in [3.8, 4) is 0 Å². The lowest BCUT2D eigenvalue weighted by Crippen LogP contribution is -2.01. The summed E-state index contributed by atoms with van der Waals surface area (Å²) in [7, 11) is 0. The van der Waals surface area contributed by atoms with Gasteiger partial charge in [0.2, 0.25) is 0 Å². The van der Waals surface area contributed by atoms with Crippen molar-refractivity contribution in [2.75, 3.05) is 6.26 Å². The maximum absolute atomic E-state index is 11.9. The Kier molecular flexibility index (Phi) is 3.74. The van der Waals surface area contributed by atoms with Crippen LogP contribution in [0.5, 0.6) is 0 Å². The van der Waals surface area contributed by atoms with Gasteiger partial charge in [-0.2, -0.15) is 0 Å². The Morgan fingerprint density at radius 1 is 1.38 bits per heavy atom. The number of benzene rings is 1. The van der Waals surface area contributed by atoms with Crippen LogP contribution in [0.1, 0.15) is 15.2 Å². The van der Waals surface area contributed by atoms with E-state index in [1.807, 2.05) is 30.5 Å². The maximum Gasteiger partial charge on any atom is 0.168 e. The van der Waals surface area contributed by atoms with E-state index in [1.165, 1.54) is 16.2 Å². The van der Waals surface area contributed by atoms with E-state index in [9.17, 15) is 4.79 Å². The highest BCUT2D eigenvalue weighted by molar-refractivity contribution is 7.98. The molecular formula is C12H11NOS2. The van der Waals surface area contributed by atoms with Crippen molar-refractivity contribution in [2.45, 2.75) is 11.3 Å². The van der Waals surface area contributed by atoms with Gasteiger partial charge in [-0.1, -0.05) is 12.1 Å². The van der Waals surface area contributed by atoms with Gasteiger partial charge in [0, 0.05) is 28.0 Å². The Balaban J connectivity index is 2.09. The molecule has 0 radical (unpaired) electrons. The predicted octanol–water partition coefficient (Wildman–Crippen LogP) is 3.29. The maximum atomic E-state index is 11.9. The molecule has 1 aromatic heterocycles. The lowest BCUT2D eigenvalue weighted by atomic mass is 10.1. The number of hydrogen-bond acceptors (Lipinski definition) is 4. The predicted molar refractivity (Wildman–Crippen MR) is 68.4 cm³/mol. The van der Waals surface area contributed by atoms with Crippen LogP contribution < -0.4 is 0 Å². The van der Waals surface area contributed by atoms with Crippen LogP contribution in [0, 0.1) is 0 Å². The fourth-order valence-electron chi connectivity index (χ4n) is 1.37. The number of aromatic nitrogens is 1. The number of carbonyl (C=O) groups excluding carboxylic acids is 1. The van der Waals surface area contributed by atoms with Gasteiger partial charge >= 0.3 is 0 Å². The SMILES string of the molecule is CSc1ccc(C(=O)Cc2cncs2)cc1. The van der Waals surface area contributed by atoms with Gasteiger partial charge in [-0.15, -0.1) is 23.1 Å². The lowest BCUT2D eigenvalue weighted by molar-refractivity contribution is 0.0993. The molecule has 4 heteroatoms. The lowest BCUT2D eigenvalue weighted by Gasteiger charge is -2.00. The molecule has 82 valence electrons. The van der Waals surface area contributed by atoms with Crippen LogP contribution in [0.4, 0.5) is 0 Å². The molecular weight excluding hydrogens is 238 g/mol. The molecule has 0 fully saturated rings. The summed E-state index contributed by atoms with van der Waals surface area (Å²) in [5.74, 6) is 0.150. The third-order valence-corrected chi connectivity index (χ3v) is 3.75. The van der Waals surface area contributed by atoms with E-state index in [1.54, 1.807) is 23.5 Å². The molecule has 16 heavy (non-hydrogen) atoms. The summed E-state index contributed by atoms with van der Waals surface area (Å²) >= 11 is 3.19. The fourth-order valence-corrected chi connectivity index (χ4v) is 2.37. The highest BCUT2D eigenvalue weighted by Gasteiger charge is 2.07. The van der Waals surface area contributed by atoms with Crippen LogP contribution in [-0.4, -0.2) is 17.0 Å². The molecule has 0 saturated heterocycles. The summed E-state index contributed by atoms with van der Waals surface area (Å²) in [6, 6.07) is 7.72. The van der Waals surface area contributed by atoms with Crippen LogP contribution in [-0.2, 0) is 6.42 Å². The molecule has 0 aliphatic heterocycles. The van der Waals surface area contributed by atoms with Gasteiger partial charge in [-0.3, -0.25) is 9.78 Å². The van der Waals surface area contributed by atoms with Crippen molar-refractivity contribution in [3.05, 3.63) is 46.4 Å². The molecule has 0 amide bonds. The molecule has 0 aliphatic rings. The van der Waals surface area contributed by atoms with Crippen molar-refractivity contribution in [3.63, 3.8) is 0 Å². The van der Waals surface area contributed by atoms with Gasteiger partial charge in [0.25, 0.3) is 0 Å². The minimum Gasteiger partial charge on any atom is -0.294 e. The highest BCUT2D eigenvalue weighted by atomic mass is 32.2. The Hall–Kier alpha value is -1.13. The Bertz CT molecular complexity index is 462. The number of nitrogens with zero attached hydrogens (tertiary/aromatic N) is 1. The normalized spacial score (nSPS) is 10.3. The third-order valence-electron chi connectivity index (χ3n) is 2.23. The number of ketones is 1. The minimum absolute atomic E-state index is 0.150. The summed E-state index contributed by atoms with van der Waals surface area (Å²) in [5.41, 5.74) is 2.52. The molecule has 0 unspecified atom stereocenters. The Morgan fingerprint density at radius 3 is 2.69 bits per heavy atom. The fraction of sp³-hybridized carbons (Fsp3) is 0.167. The zero-order chi connectivity index (χ0) is 11.4.